The maximum Gasteiger partial charge on any atom is 0.288 e. The molecule has 192 valence electrons. The highest BCUT2D eigenvalue weighted by atomic mass is 15.1. The van der Waals surface area contributed by atoms with Gasteiger partial charge in [0, 0.05) is 0 Å². The summed E-state index contributed by atoms with van der Waals surface area (Å²) in [7, 11) is 0. The SMILES string of the molecule is CCCCCCCCCCCCCn1cc[n+](CCCCCCCCCC)c1-c1ccccc1. The number of rotatable bonds is 22. The Hall–Kier alpha value is -1.57. The zero-order valence-electron chi connectivity index (χ0n) is 22.8. The van der Waals surface area contributed by atoms with Crippen molar-refractivity contribution in [2.45, 2.75) is 149 Å². The van der Waals surface area contributed by atoms with Crippen LogP contribution in [0.4, 0.5) is 0 Å². The molecule has 2 aromatic rings. The molecule has 1 aromatic heterocycles. The number of aromatic nitrogens is 2. The van der Waals surface area contributed by atoms with Gasteiger partial charge in [0.05, 0.1) is 18.7 Å². The lowest BCUT2D eigenvalue weighted by Gasteiger charge is -2.07. The van der Waals surface area contributed by atoms with Crippen molar-refractivity contribution in [3.8, 4) is 11.4 Å². The number of unbranched alkanes of at least 4 members (excludes halogenated alkanes) is 17. The molecule has 1 heterocycles. The Bertz CT molecular complexity index is 703. The van der Waals surface area contributed by atoms with Crippen LogP contribution in [0.3, 0.4) is 0 Å². The van der Waals surface area contributed by atoms with E-state index in [2.05, 4.69) is 65.7 Å². The van der Waals surface area contributed by atoms with Crippen LogP contribution in [-0.2, 0) is 13.1 Å². The first-order valence-corrected chi connectivity index (χ1v) is 15.0. The van der Waals surface area contributed by atoms with Gasteiger partial charge in [0.1, 0.15) is 12.4 Å². The number of aryl methyl sites for hydroxylation is 2. The normalized spacial score (nSPS) is 11.4. The first-order chi connectivity index (χ1) is 16.9. The lowest BCUT2D eigenvalue weighted by atomic mass is 10.1. The molecule has 0 atom stereocenters. The predicted molar refractivity (Wildman–Crippen MR) is 149 cm³/mol. The number of benzene rings is 1. The Kier molecular flexibility index (Phi) is 16.6. The van der Waals surface area contributed by atoms with Crippen molar-refractivity contribution in [2.24, 2.45) is 0 Å². The maximum atomic E-state index is 2.51. The van der Waals surface area contributed by atoms with Crippen molar-refractivity contribution >= 4 is 0 Å². The molecule has 0 aliphatic rings. The molecule has 2 nitrogen and oxygen atoms in total. The Morgan fingerprint density at radius 2 is 1.03 bits per heavy atom. The first-order valence-electron chi connectivity index (χ1n) is 15.0. The fourth-order valence-electron chi connectivity index (χ4n) is 5.11. The molecule has 0 fully saturated rings. The zero-order chi connectivity index (χ0) is 24.1. The largest absolute Gasteiger partial charge is 0.288 e. The van der Waals surface area contributed by atoms with E-state index in [-0.39, 0.29) is 0 Å². The number of hydrogen-bond acceptors (Lipinski definition) is 0. The highest BCUT2D eigenvalue weighted by Crippen LogP contribution is 2.18. The summed E-state index contributed by atoms with van der Waals surface area (Å²) in [6, 6.07) is 11.0. The Morgan fingerprint density at radius 3 is 1.56 bits per heavy atom. The second-order valence-electron chi connectivity index (χ2n) is 10.4. The monoisotopic (exact) mass is 467 g/mol. The van der Waals surface area contributed by atoms with Gasteiger partial charge in [0.2, 0.25) is 0 Å². The topological polar surface area (TPSA) is 8.81 Å². The lowest BCUT2D eigenvalue weighted by molar-refractivity contribution is -0.686. The Labute approximate surface area is 212 Å². The molecule has 1 aromatic carbocycles. The highest BCUT2D eigenvalue weighted by Gasteiger charge is 2.18. The van der Waals surface area contributed by atoms with E-state index in [1.807, 2.05) is 0 Å². The van der Waals surface area contributed by atoms with Gasteiger partial charge in [0.25, 0.3) is 5.82 Å². The van der Waals surface area contributed by atoms with Crippen LogP contribution in [0.15, 0.2) is 42.7 Å². The summed E-state index contributed by atoms with van der Waals surface area (Å²) in [6.07, 6.45) is 31.2. The van der Waals surface area contributed by atoms with E-state index < -0.39 is 0 Å². The molecule has 34 heavy (non-hydrogen) atoms. The minimum atomic E-state index is 1.14. The molecule has 2 rings (SSSR count). The quantitative estimate of drug-likeness (QED) is 0.120. The highest BCUT2D eigenvalue weighted by molar-refractivity contribution is 5.52. The van der Waals surface area contributed by atoms with E-state index in [4.69, 9.17) is 0 Å². The van der Waals surface area contributed by atoms with Crippen LogP contribution < -0.4 is 4.57 Å². The average Bonchev–Trinajstić information content (AvgIpc) is 3.27. The van der Waals surface area contributed by atoms with Crippen LogP contribution in [0.5, 0.6) is 0 Å². The van der Waals surface area contributed by atoms with Gasteiger partial charge < -0.3 is 0 Å². The molecular weight excluding hydrogens is 412 g/mol. The van der Waals surface area contributed by atoms with Crippen molar-refractivity contribution in [3.63, 3.8) is 0 Å². The van der Waals surface area contributed by atoms with Crippen LogP contribution in [0, 0.1) is 0 Å². The fraction of sp³-hybridized carbons (Fsp3) is 0.719. The molecule has 0 saturated heterocycles. The number of imidazole rings is 1. The summed E-state index contributed by atoms with van der Waals surface area (Å²) in [5, 5.41) is 0. The first kappa shape index (κ1) is 28.7. The molecule has 0 N–H and O–H groups in total. The van der Waals surface area contributed by atoms with Crippen molar-refractivity contribution < 1.29 is 4.57 Å². The summed E-state index contributed by atoms with van der Waals surface area (Å²) in [5.41, 5.74) is 1.36. The lowest BCUT2D eigenvalue weighted by Crippen LogP contribution is -2.34. The Morgan fingerprint density at radius 1 is 0.559 bits per heavy atom. The fourth-order valence-corrected chi connectivity index (χ4v) is 5.11. The summed E-state index contributed by atoms with van der Waals surface area (Å²) >= 11 is 0. The Balaban J connectivity index is 1.70. The molecule has 0 aliphatic heterocycles. The third-order valence-corrected chi connectivity index (χ3v) is 7.26. The van der Waals surface area contributed by atoms with E-state index >= 15 is 0 Å². The van der Waals surface area contributed by atoms with E-state index in [1.165, 1.54) is 133 Å². The molecule has 2 heteroatoms. The predicted octanol–water partition coefficient (Wildman–Crippen LogP) is 9.89. The maximum absolute atomic E-state index is 2.51. The smallest absolute Gasteiger partial charge is 0.230 e. The van der Waals surface area contributed by atoms with Crippen molar-refractivity contribution in [2.75, 3.05) is 0 Å². The van der Waals surface area contributed by atoms with Crippen LogP contribution in [0.25, 0.3) is 11.4 Å². The van der Waals surface area contributed by atoms with E-state index in [0.29, 0.717) is 0 Å². The molecule has 0 aliphatic carbocycles. The molecular formula is C32H55N2+. The van der Waals surface area contributed by atoms with Crippen molar-refractivity contribution in [1.82, 2.24) is 4.57 Å². The minimum absolute atomic E-state index is 1.14. The average molecular weight is 468 g/mol. The van der Waals surface area contributed by atoms with Crippen molar-refractivity contribution in [3.05, 3.63) is 42.7 Å². The van der Waals surface area contributed by atoms with Crippen LogP contribution in [0.1, 0.15) is 136 Å². The van der Waals surface area contributed by atoms with Gasteiger partial charge in [-0.2, -0.15) is 0 Å². The minimum Gasteiger partial charge on any atom is -0.230 e. The number of nitrogens with zero attached hydrogens (tertiary/aromatic N) is 2. The van der Waals surface area contributed by atoms with Gasteiger partial charge in [-0.15, -0.1) is 0 Å². The summed E-state index contributed by atoms with van der Waals surface area (Å²) in [6.45, 7) is 6.88. The third-order valence-electron chi connectivity index (χ3n) is 7.26. The second kappa shape index (κ2) is 19.7. The molecule has 0 unspecified atom stereocenters. The van der Waals surface area contributed by atoms with Crippen LogP contribution in [0.2, 0.25) is 0 Å². The van der Waals surface area contributed by atoms with Crippen LogP contribution in [-0.4, -0.2) is 4.57 Å². The zero-order valence-corrected chi connectivity index (χ0v) is 22.8. The van der Waals surface area contributed by atoms with Gasteiger partial charge in [-0.25, -0.2) is 9.13 Å². The third kappa shape index (κ3) is 12.2. The van der Waals surface area contributed by atoms with Gasteiger partial charge in [-0.05, 0) is 37.8 Å². The molecule has 0 saturated carbocycles. The molecule has 0 bridgehead atoms. The van der Waals surface area contributed by atoms with Gasteiger partial charge in [-0.3, -0.25) is 0 Å². The van der Waals surface area contributed by atoms with Gasteiger partial charge >= 0.3 is 0 Å². The van der Waals surface area contributed by atoms with E-state index in [0.717, 1.165) is 13.1 Å². The van der Waals surface area contributed by atoms with Gasteiger partial charge in [0.15, 0.2) is 0 Å². The molecule has 0 radical (unpaired) electrons. The van der Waals surface area contributed by atoms with E-state index in [1.54, 1.807) is 0 Å². The summed E-state index contributed by atoms with van der Waals surface area (Å²) in [5.74, 6) is 1.40. The van der Waals surface area contributed by atoms with Gasteiger partial charge in [-0.1, -0.05) is 128 Å². The summed E-state index contributed by atoms with van der Waals surface area (Å²) < 4.78 is 5.01. The molecule has 0 amide bonds. The standard InChI is InChI=1S/C32H55N2/c1-3-5-7-9-11-13-14-15-17-19-24-28-34-30-29-33(32(34)31-25-21-20-22-26-31)27-23-18-16-12-10-8-6-4-2/h20-22,25-26,29-30H,3-19,23-24,27-28H2,1-2H3/q+1. The second-order valence-corrected chi connectivity index (χ2v) is 10.4. The van der Waals surface area contributed by atoms with Crippen LogP contribution >= 0.6 is 0 Å². The summed E-state index contributed by atoms with van der Waals surface area (Å²) in [4.78, 5) is 0. The van der Waals surface area contributed by atoms with E-state index in [9.17, 15) is 0 Å². The molecule has 0 spiro atoms. The van der Waals surface area contributed by atoms with Crippen molar-refractivity contribution in [1.29, 1.82) is 0 Å². The number of hydrogen-bond donors (Lipinski definition) is 0.